The van der Waals surface area contributed by atoms with E-state index in [0.29, 0.717) is 6.61 Å². The Morgan fingerprint density at radius 3 is 2.80 bits per heavy atom. The average Bonchev–Trinajstić information content (AvgIpc) is 2.47. The molecule has 7 heteroatoms. The molecule has 0 saturated carbocycles. The number of aromatic carboxylic acids is 1. The van der Waals surface area contributed by atoms with Gasteiger partial charge in [-0.3, -0.25) is 0 Å². The van der Waals surface area contributed by atoms with Crippen LogP contribution in [0.4, 0.5) is 8.78 Å². The van der Waals surface area contributed by atoms with E-state index in [1.165, 1.54) is 6.92 Å². The Bertz CT molecular complexity index is 501. The zero-order valence-electron chi connectivity index (χ0n) is 10.9. The summed E-state index contributed by atoms with van der Waals surface area (Å²) in [6.45, 7) is 2.12. The Morgan fingerprint density at radius 2 is 2.25 bits per heavy atom. The van der Waals surface area contributed by atoms with Gasteiger partial charge >= 0.3 is 5.97 Å². The zero-order valence-corrected chi connectivity index (χ0v) is 10.9. The molecular weight excluding hydrogens is 272 g/mol. The van der Waals surface area contributed by atoms with Crippen molar-refractivity contribution >= 4 is 5.97 Å². The highest BCUT2D eigenvalue weighted by Crippen LogP contribution is 2.32. The van der Waals surface area contributed by atoms with E-state index in [0.717, 1.165) is 12.1 Å². The predicted molar refractivity (Wildman–Crippen MR) is 64.9 cm³/mol. The topological polar surface area (TPSA) is 68.7 Å². The lowest BCUT2D eigenvalue weighted by Gasteiger charge is -2.24. The number of carboxylic acid groups (broad SMARTS) is 1. The Kier molecular flexibility index (Phi) is 4.29. The molecule has 1 aliphatic rings. The van der Waals surface area contributed by atoms with Crippen LogP contribution in [0.2, 0.25) is 0 Å². The van der Waals surface area contributed by atoms with Crippen molar-refractivity contribution in [1.29, 1.82) is 0 Å². The normalized spacial score (nSPS) is 19.9. The number of aromatic nitrogens is 1. The van der Waals surface area contributed by atoms with Crippen LogP contribution in [0.3, 0.4) is 0 Å². The van der Waals surface area contributed by atoms with Gasteiger partial charge in [0.2, 0.25) is 0 Å². The van der Waals surface area contributed by atoms with Gasteiger partial charge in [0.1, 0.15) is 11.8 Å². The molecule has 110 valence electrons. The second kappa shape index (κ2) is 5.80. The molecule has 0 bridgehead atoms. The lowest BCUT2D eigenvalue weighted by molar-refractivity contribution is -0.0926. The Labute approximate surface area is 114 Å². The third-order valence-electron chi connectivity index (χ3n) is 3.09. The number of alkyl halides is 2. The summed E-state index contributed by atoms with van der Waals surface area (Å²) in [5.41, 5.74) is -0.604. The van der Waals surface area contributed by atoms with Gasteiger partial charge in [-0.1, -0.05) is 6.92 Å². The molecule has 20 heavy (non-hydrogen) atoms. The molecular formula is C13H15F2NO4. The summed E-state index contributed by atoms with van der Waals surface area (Å²) >= 11 is 0. The fraction of sp³-hybridized carbons (Fsp3) is 0.538. The summed E-state index contributed by atoms with van der Waals surface area (Å²) in [4.78, 5) is 15.0. The summed E-state index contributed by atoms with van der Waals surface area (Å²) in [7, 11) is 0. The second-order valence-corrected chi connectivity index (χ2v) is 4.43. The summed E-state index contributed by atoms with van der Waals surface area (Å²) in [5, 5.41) is 9.12. The quantitative estimate of drug-likeness (QED) is 0.920. The molecule has 1 atom stereocenters. The predicted octanol–water partition coefficient (Wildman–Crippen LogP) is 2.37. The number of hydrogen-bond donors (Lipinski definition) is 1. The fourth-order valence-electron chi connectivity index (χ4n) is 1.93. The van der Waals surface area contributed by atoms with Crippen LogP contribution in [-0.2, 0) is 15.4 Å². The molecule has 0 amide bonds. The summed E-state index contributed by atoms with van der Waals surface area (Å²) in [6, 6.07) is 2.18. The number of halogens is 2. The van der Waals surface area contributed by atoms with Gasteiger partial charge in [-0.2, -0.15) is 8.78 Å². The summed E-state index contributed by atoms with van der Waals surface area (Å²) < 4.78 is 37.9. The van der Waals surface area contributed by atoms with Crippen LogP contribution in [0, 0.1) is 0 Å². The van der Waals surface area contributed by atoms with Crippen molar-refractivity contribution in [3.05, 3.63) is 29.1 Å². The molecule has 2 heterocycles. The minimum Gasteiger partial charge on any atom is -0.478 e. The molecule has 1 fully saturated rings. The molecule has 1 aliphatic heterocycles. The third-order valence-corrected chi connectivity index (χ3v) is 3.09. The van der Waals surface area contributed by atoms with Crippen molar-refractivity contribution in [3.63, 3.8) is 0 Å². The van der Waals surface area contributed by atoms with Crippen LogP contribution in [0.15, 0.2) is 12.1 Å². The highest BCUT2D eigenvalue weighted by atomic mass is 19.3. The monoisotopic (exact) mass is 287 g/mol. The van der Waals surface area contributed by atoms with Gasteiger partial charge < -0.3 is 14.6 Å². The molecule has 0 aliphatic carbocycles. The highest BCUT2D eigenvalue weighted by molar-refractivity contribution is 5.89. The van der Waals surface area contributed by atoms with Crippen LogP contribution in [0.5, 0.6) is 0 Å². The van der Waals surface area contributed by atoms with Crippen LogP contribution in [-0.4, -0.2) is 35.9 Å². The minimum absolute atomic E-state index is 0.0113. The van der Waals surface area contributed by atoms with Crippen LogP contribution < -0.4 is 0 Å². The first-order chi connectivity index (χ1) is 9.45. The van der Waals surface area contributed by atoms with E-state index in [2.05, 4.69) is 4.98 Å². The van der Waals surface area contributed by atoms with Gasteiger partial charge in [-0.25, -0.2) is 9.78 Å². The number of ether oxygens (including phenoxy) is 2. The molecule has 2 rings (SSSR count). The van der Waals surface area contributed by atoms with Crippen molar-refractivity contribution in [2.24, 2.45) is 0 Å². The lowest BCUT2D eigenvalue weighted by atomic mass is 10.1. The second-order valence-electron chi connectivity index (χ2n) is 4.43. The summed E-state index contributed by atoms with van der Waals surface area (Å²) in [6.07, 6.45) is -1.14. The smallest absolute Gasteiger partial charge is 0.337 e. The first kappa shape index (κ1) is 14.8. The third kappa shape index (κ3) is 2.94. The molecule has 1 aromatic heterocycles. The molecule has 1 N–H and O–H groups in total. The van der Waals surface area contributed by atoms with Crippen LogP contribution >= 0.6 is 0 Å². The molecule has 5 nitrogen and oxygen atoms in total. The van der Waals surface area contributed by atoms with E-state index < -0.39 is 30.1 Å². The minimum atomic E-state index is -3.10. The molecule has 1 aromatic rings. The van der Waals surface area contributed by atoms with E-state index in [4.69, 9.17) is 14.6 Å². The molecule has 0 radical (unpaired) electrons. The van der Waals surface area contributed by atoms with Gasteiger partial charge in [0.15, 0.2) is 0 Å². The number of nitrogens with zero attached hydrogens (tertiary/aromatic N) is 1. The number of carboxylic acids is 1. The summed E-state index contributed by atoms with van der Waals surface area (Å²) in [5.74, 6) is -4.32. The average molecular weight is 287 g/mol. The fourth-order valence-corrected chi connectivity index (χ4v) is 1.93. The van der Waals surface area contributed by atoms with Gasteiger partial charge in [-0.15, -0.1) is 0 Å². The van der Waals surface area contributed by atoms with Crippen molar-refractivity contribution < 1.29 is 28.2 Å². The van der Waals surface area contributed by atoms with E-state index in [1.807, 2.05) is 0 Å². The lowest BCUT2D eigenvalue weighted by Crippen LogP contribution is -2.26. The Hall–Kier alpha value is -1.60. The van der Waals surface area contributed by atoms with E-state index >= 15 is 0 Å². The van der Waals surface area contributed by atoms with Crippen LogP contribution in [0.25, 0.3) is 0 Å². The first-order valence-corrected chi connectivity index (χ1v) is 6.27. The largest absolute Gasteiger partial charge is 0.478 e. The van der Waals surface area contributed by atoms with Gasteiger partial charge in [0, 0.05) is 6.42 Å². The Morgan fingerprint density at radius 1 is 1.50 bits per heavy atom. The van der Waals surface area contributed by atoms with Gasteiger partial charge in [0.25, 0.3) is 5.92 Å². The first-order valence-electron chi connectivity index (χ1n) is 6.27. The highest BCUT2D eigenvalue weighted by Gasteiger charge is 2.33. The Balaban J connectivity index is 2.44. The number of carbonyl (C=O) groups is 1. The maximum Gasteiger partial charge on any atom is 0.337 e. The van der Waals surface area contributed by atoms with Crippen molar-refractivity contribution in [2.45, 2.75) is 25.4 Å². The SMILES string of the molecule is CCC(F)(F)c1ccc(C(=O)O)c(C2COCCO2)n1. The van der Waals surface area contributed by atoms with Gasteiger partial charge in [0.05, 0.1) is 31.1 Å². The van der Waals surface area contributed by atoms with E-state index in [9.17, 15) is 13.6 Å². The molecule has 0 aromatic carbocycles. The zero-order chi connectivity index (χ0) is 14.8. The van der Waals surface area contributed by atoms with Crippen LogP contribution in [0.1, 0.15) is 41.2 Å². The molecule has 1 saturated heterocycles. The number of rotatable bonds is 4. The van der Waals surface area contributed by atoms with Crippen molar-refractivity contribution in [3.8, 4) is 0 Å². The standard InChI is InChI=1S/C13H15F2NO4/c1-2-13(14,15)10-4-3-8(12(17)18)11(16-10)9-7-19-5-6-20-9/h3-4,9H,2,5-7H2,1H3,(H,17,18). The number of pyridine rings is 1. The van der Waals surface area contributed by atoms with Gasteiger partial charge in [-0.05, 0) is 12.1 Å². The van der Waals surface area contributed by atoms with E-state index in [1.54, 1.807) is 0 Å². The van der Waals surface area contributed by atoms with Crippen molar-refractivity contribution in [1.82, 2.24) is 4.98 Å². The number of hydrogen-bond acceptors (Lipinski definition) is 4. The maximum absolute atomic E-state index is 13.7. The molecule has 1 unspecified atom stereocenters. The maximum atomic E-state index is 13.7. The molecule has 0 spiro atoms. The van der Waals surface area contributed by atoms with Crippen molar-refractivity contribution in [2.75, 3.05) is 19.8 Å². The van der Waals surface area contributed by atoms with E-state index in [-0.39, 0.29) is 24.5 Å².